The Bertz CT molecular complexity index is 282. The summed E-state index contributed by atoms with van der Waals surface area (Å²) in [5.74, 6) is 0.541. The summed E-state index contributed by atoms with van der Waals surface area (Å²) in [6.07, 6.45) is 1.67. The molecule has 0 fully saturated rings. The second-order valence-electron chi connectivity index (χ2n) is 3.50. The van der Waals surface area contributed by atoms with Gasteiger partial charge in [-0.1, -0.05) is 12.1 Å². The first-order valence-electron chi connectivity index (χ1n) is 5.36. The van der Waals surface area contributed by atoms with Crippen LogP contribution in [-0.2, 0) is 4.74 Å². The van der Waals surface area contributed by atoms with E-state index in [1.165, 1.54) is 12.1 Å². The molecule has 16 heavy (non-hydrogen) atoms. The summed E-state index contributed by atoms with van der Waals surface area (Å²) < 4.78 is 18.3. The summed E-state index contributed by atoms with van der Waals surface area (Å²) in [5.41, 5.74) is 0.941. The van der Waals surface area contributed by atoms with Crippen LogP contribution in [0.3, 0.4) is 0 Å². The fourth-order valence-electron chi connectivity index (χ4n) is 1.50. The van der Waals surface area contributed by atoms with Crippen molar-refractivity contribution in [3.63, 3.8) is 0 Å². The number of rotatable bonds is 7. The topological polar surface area (TPSA) is 29.5 Å². The maximum atomic E-state index is 12.8. The predicted molar refractivity (Wildman–Crippen MR) is 65.3 cm³/mol. The molecule has 0 aromatic heterocycles. The average molecular weight is 244 g/mol. The molecule has 0 heterocycles. The van der Waals surface area contributed by atoms with Gasteiger partial charge in [-0.25, -0.2) is 4.39 Å². The summed E-state index contributed by atoms with van der Waals surface area (Å²) in [6, 6.07) is 6.28. The zero-order valence-corrected chi connectivity index (χ0v) is 10.00. The van der Waals surface area contributed by atoms with Crippen LogP contribution >= 0.6 is 12.6 Å². The Morgan fingerprint density at radius 2 is 2.00 bits per heavy atom. The number of hydrogen-bond acceptors (Lipinski definition) is 3. The molecule has 2 nitrogen and oxygen atoms in total. The standard InChI is InChI=1S/C12H17FO2S/c13-11-5-3-10(4-6-11)12(2-1-9-16)15-8-7-14/h3-6,12,14,16H,1-2,7-9H2. The van der Waals surface area contributed by atoms with Gasteiger partial charge in [-0.2, -0.15) is 12.6 Å². The third kappa shape index (κ3) is 4.51. The van der Waals surface area contributed by atoms with Crippen LogP contribution in [0.25, 0.3) is 0 Å². The van der Waals surface area contributed by atoms with Gasteiger partial charge in [-0.05, 0) is 36.3 Å². The lowest BCUT2D eigenvalue weighted by Crippen LogP contribution is -2.08. The van der Waals surface area contributed by atoms with E-state index in [0.717, 1.165) is 24.2 Å². The normalized spacial score (nSPS) is 12.7. The van der Waals surface area contributed by atoms with Crippen molar-refractivity contribution in [1.82, 2.24) is 0 Å². The fraction of sp³-hybridized carbons (Fsp3) is 0.500. The second kappa shape index (κ2) is 7.65. The number of hydrogen-bond donors (Lipinski definition) is 2. The molecule has 0 amide bonds. The Labute approximate surface area is 101 Å². The smallest absolute Gasteiger partial charge is 0.123 e. The van der Waals surface area contributed by atoms with Gasteiger partial charge in [0.05, 0.1) is 19.3 Å². The molecule has 0 bridgehead atoms. The third-order valence-corrected chi connectivity index (χ3v) is 2.59. The Hall–Kier alpha value is -0.580. The van der Waals surface area contributed by atoms with E-state index in [0.29, 0.717) is 6.61 Å². The monoisotopic (exact) mass is 244 g/mol. The first-order chi connectivity index (χ1) is 7.77. The van der Waals surface area contributed by atoms with Crippen molar-refractivity contribution in [3.05, 3.63) is 35.6 Å². The first-order valence-corrected chi connectivity index (χ1v) is 6.00. The average Bonchev–Trinajstić information content (AvgIpc) is 2.31. The summed E-state index contributed by atoms with van der Waals surface area (Å²) in [6.45, 7) is 0.299. The molecule has 0 saturated carbocycles. The summed E-state index contributed by atoms with van der Waals surface area (Å²) in [4.78, 5) is 0. The molecule has 0 aliphatic heterocycles. The maximum absolute atomic E-state index is 12.8. The minimum absolute atomic E-state index is 0.00142. The van der Waals surface area contributed by atoms with E-state index in [1.807, 2.05) is 0 Å². The van der Waals surface area contributed by atoms with Crippen molar-refractivity contribution in [2.75, 3.05) is 19.0 Å². The van der Waals surface area contributed by atoms with Crippen LogP contribution < -0.4 is 0 Å². The Balaban J connectivity index is 2.62. The third-order valence-electron chi connectivity index (χ3n) is 2.28. The SMILES string of the molecule is OCCOC(CCCS)c1ccc(F)cc1. The van der Waals surface area contributed by atoms with Crippen LogP contribution in [0.15, 0.2) is 24.3 Å². The highest BCUT2D eigenvalue weighted by Gasteiger charge is 2.11. The highest BCUT2D eigenvalue weighted by Crippen LogP contribution is 2.23. The highest BCUT2D eigenvalue weighted by molar-refractivity contribution is 7.80. The zero-order chi connectivity index (χ0) is 11.8. The first kappa shape index (κ1) is 13.5. The van der Waals surface area contributed by atoms with Crippen molar-refractivity contribution in [2.24, 2.45) is 0 Å². The van der Waals surface area contributed by atoms with Crippen molar-refractivity contribution >= 4 is 12.6 Å². The molecule has 0 aliphatic carbocycles. The number of thiol groups is 1. The van der Waals surface area contributed by atoms with Gasteiger partial charge < -0.3 is 9.84 Å². The van der Waals surface area contributed by atoms with Crippen LogP contribution in [0.1, 0.15) is 24.5 Å². The minimum atomic E-state index is -0.251. The van der Waals surface area contributed by atoms with Gasteiger partial charge in [0.2, 0.25) is 0 Å². The number of ether oxygens (including phenoxy) is 1. The molecule has 1 unspecified atom stereocenters. The van der Waals surface area contributed by atoms with E-state index in [-0.39, 0.29) is 18.5 Å². The van der Waals surface area contributed by atoms with Crippen LogP contribution in [0.4, 0.5) is 4.39 Å². The number of halogens is 1. The predicted octanol–water partition coefficient (Wildman–Crippen LogP) is 2.59. The quantitative estimate of drug-likeness (QED) is 0.722. The van der Waals surface area contributed by atoms with Crippen LogP contribution in [0, 0.1) is 5.82 Å². The molecule has 0 radical (unpaired) electrons. The largest absolute Gasteiger partial charge is 0.394 e. The number of aliphatic hydroxyl groups is 1. The van der Waals surface area contributed by atoms with Gasteiger partial charge in [0.25, 0.3) is 0 Å². The molecule has 1 atom stereocenters. The molecular weight excluding hydrogens is 227 g/mol. The van der Waals surface area contributed by atoms with Crippen LogP contribution in [0.5, 0.6) is 0 Å². The van der Waals surface area contributed by atoms with E-state index >= 15 is 0 Å². The van der Waals surface area contributed by atoms with Gasteiger partial charge in [-0.3, -0.25) is 0 Å². The van der Waals surface area contributed by atoms with Crippen molar-refractivity contribution < 1.29 is 14.2 Å². The molecule has 0 spiro atoms. The molecule has 4 heteroatoms. The van der Waals surface area contributed by atoms with E-state index in [2.05, 4.69) is 12.6 Å². The molecule has 1 aromatic carbocycles. The van der Waals surface area contributed by atoms with Gasteiger partial charge in [0.15, 0.2) is 0 Å². The molecule has 1 N–H and O–H groups in total. The van der Waals surface area contributed by atoms with E-state index in [4.69, 9.17) is 9.84 Å². The Kier molecular flexibility index (Phi) is 6.45. The summed E-state index contributed by atoms with van der Waals surface area (Å²) >= 11 is 4.15. The Morgan fingerprint density at radius 1 is 1.31 bits per heavy atom. The van der Waals surface area contributed by atoms with Gasteiger partial charge in [0.1, 0.15) is 5.82 Å². The fourth-order valence-corrected chi connectivity index (χ4v) is 1.68. The molecule has 1 rings (SSSR count). The molecule has 1 aromatic rings. The number of aliphatic hydroxyl groups excluding tert-OH is 1. The van der Waals surface area contributed by atoms with Crippen LogP contribution in [0.2, 0.25) is 0 Å². The van der Waals surface area contributed by atoms with Crippen molar-refractivity contribution in [2.45, 2.75) is 18.9 Å². The highest BCUT2D eigenvalue weighted by atomic mass is 32.1. The summed E-state index contributed by atoms with van der Waals surface area (Å²) in [5, 5.41) is 8.73. The molecule has 90 valence electrons. The van der Waals surface area contributed by atoms with E-state index in [9.17, 15) is 4.39 Å². The molecular formula is C12H17FO2S. The van der Waals surface area contributed by atoms with Crippen LogP contribution in [-0.4, -0.2) is 24.1 Å². The summed E-state index contributed by atoms with van der Waals surface area (Å²) in [7, 11) is 0. The molecule has 0 saturated heterocycles. The lowest BCUT2D eigenvalue weighted by molar-refractivity contribution is 0.0227. The Morgan fingerprint density at radius 3 is 2.56 bits per heavy atom. The second-order valence-corrected chi connectivity index (χ2v) is 3.95. The van der Waals surface area contributed by atoms with Crippen molar-refractivity contribution in [3.8, 4) is 0 Å². The van der Waals surface area contributed by atoms with Gasteiger partial charge in [-0.15, -0.1) is 0 Å². The van der Waals surface area contributed by atoms with Gasteiger partial charge in [0, 0.05) is 0 Å². The zero-order valence-electron chi connectivity index (χ0n) is 9.10. The lowest BCUT2D eigenvalue weighted by Gasteiger charge is -2.17. The minimum Gasteiger partial charge on any atom is -0.394 e. The lowest BCUT2D eigenvalue weighted by atomic mass is 10.1. The van der Waals surface area contributed by atoms with E-state index < -0.39 is 0 Å². The van der Waals surface area contributed by atoms with Crippen molar-refractivity contribution in [1.29, 1.82) is 0 Å². The number of benzene rings is 1. The van der Waals surface area contributed by atoms with E-state index in [1.54, 1.807) is 12.1 Å². The maximum Gasteiger partial charge on any atom is 0.123 e. The van der Waals surface area contributed by atoms with Gasteiger partial charge >= 0.3 is 0 Å². The molecule has 0 aliphatic rings.